The molecule has 0 unspecified atom stereocenters. The summed E-state index contributed by atoms with van der Waals surface area (Å²) in [5.74, 6) is 0. The Morgan fingerprint density at radius 2 is 0.477 bits per heavy atom. The molecule has 414 valence electrons. The summed E-state index contributed by atoms with van der Waals surface area (Å²) in [6, 6.07) is 122. The zero-order chi connectivity index (χ0) is 58.3. The Balaban J connectivity index is 0.861. The standard InChI is InChI=1S/C84H56N2O2/c1-5-19-57(20-6-1)60-33-43-66(44-34-60)85(67-45-35-61(36-46-67)58-21-7-2-8-22-58)68-49-39-64(40-50-68)81-72(53-55-79-83(81)74-28-14-17-31-77(74)87-79)73-54-56-80-84(75-29-15-18-32-78(75)88-80)82(73)65-41-51-70(52-42-65)86(69-47-37-62(38-48-69)59-23-9-3-10-24-59)76-30-16-13-27-71(76)63-25-11-4-12-26-63/h1-56H. The fourth-order valence-electron chi connectivity index (χ4n) is 12.9. The summed E-state index contributed by atoms with van der Waals surface area (Å²) in [6.07, 6.45) is 0. The van der Waals surface area contributed by atoms with Crippen molar-refractivity contribution >= 4 is 78.0 Å². The normalized spacial score (nSPS) is 11.4. The quantitative estimate of drug-likeness (QED) is 0.115. The number of benzene rings is 14. The van der Waals surface area contributed by atoms with Gasteiger partial charge in [0.25, 0.3) is 0 Å². The summed E-state index contributed by atoms with van der Waals surface area (Å²) in [5, 5.41) is 4.25. The number of hydrogen-bond donors (Lipinski definition) is 0. The maximum absolute atomic E-state index is 6.75. The van der Waals surface area contributed by atoms with E-state index >= 15 is 0 Å². The second-order valence-electron chi connectivity index (χ2n) is 22.3. The van der Waals surface area contributed by atoms with Gasteiger partial charge in [0.15, 0.2) is 0 Å². The minimum Gasteiger partial charge on any atom is -0.456 e. The number of para-hydroxylation sites is 3. The van der Waals surface area contributed by atoms with Crippen LogP contribution < -0.4 is 9.80 Å². The third kappa shape index (κ3) is 9.47. The highest BCUT2D eigenvalue weighted by Crippen LogP contribution is 2.50. The lowest BCUT2D eigenvalue weighted by Crippen LogP contribution is -2.11. The molecule has 0 saturated heterocycles. The largest absolute Gasteiger partial charge is 0.456 e. The summed E-state index contributed by atoms with van der Waals surface area (Å²) in [5.41, 5.74) is 25.5. The zero-order valence-corrected chi connectivity index (χ0v) is 48.0. The molecule has 0 radical (unpaired) electrons. The van der Waals surface area contributed by atoms with Crippen molar-refractivity contribution in [1.29, 1.82) is 0 Å². The molecule has 88 heavy (non-hydrogen) atoms. The maximum Gasteiger partial charge on any atom is 0.136 e. The van der Waals surface area contributed by atoms with Gasteiger partial charge in [-0.15, -0.1) is 0 Å². The number of hydrogen-bond acceptors (Lipinski definition) is 4. The fourth-order valence-corrected chi connectivity index (χ4v) is 12.9. The molecule has 4 nitrogen and oxygen atoms in total. The predicted molar refractivity (Wildman–Crippen MR) is 368 cm³/mol. The van der Waals surface area contributed by atoms with Crippen LogP contribution in [0.25, 0.3) is 122 Å². The van der Waals surface area contributed by atoms with Crippen molar-refractivity contribution in [3.8, 4) is 77.9 Å². The Kier molecular flexibility index (Phi) is 13.2. The number of nitrogens with zero attached hydrogens (tertiary/aromatic N) is 2. The van der Waals surface area contributed by atoms with Crippen molar-refractivity contribution in [3.63, 3.8) is 0 Å². The topological polar surface area (TPSA) is 32.8 Å². The average Bonchev–Trinajstić information content (AvgIpc) is 1.71. The van der Waals surface area contributed by atoms with Gasteiger partial charge in [-0.1, -0.05) is 237 Å². The molecular weight excluding hydrogens is 1070 g/mol. The van der Waals surface area contributed by atoms with E-state index in [9.17, 15) is 0 Å². The molecule has 0 aliphatic rings. The Morgan fingerprint density at radius 1 is 0.182 bits per heavy atom. The van der Waals surface area contributed by atoms with Gasteiger partial charge in [-0.05, 0) is 164 Å². The summed E-state index contributed by atoms with van der Waals surface area (Å²) in [6.45, 7) is 0. The Labute approximate surface area is 511 Å². The lowest BCUT2D eigenvalue weighted by atomic mass is 9.85. The van der Waals surface area contributed by atoms with Crippen LogP contribution in [0.5, 0.6) is 0 Å². The molecule has 14 aromatic carbocycles. The Morgan fingerprint density at radius 3 is 0.864 bits per heavy atom. The van der Waals surface area contributed by atoms with Crippen LogP contribution in [0.3, 0.4) is 0 Å². The molecule has 2 heterocycles. The second kappa shape index (κ2) is 22.4. The van der Waals surface area contributed by atoms with Gasteiger partial charge in [-0.3, -0.25) is 0 Å². The first kappa shape index (κ1) is 51.9. The molecule has 0 amide bonds. The summed E-state index contributed by atoms with van der Waals surface area (Å²) in [4.78, 5) is 4.74. The van der Waals surface area contributed by atoms with E-state index in [0.717, 1.165) is 128 Å². The van der Waals surface area contributed by atoms with Crippen molar-refractivity contribution in [3.05, 3.63) is 340 Å². The van der Waals surface area contributed by atoms with Gasteiger partial charge in [0, 0.05) is 66.7 Å². The van der Waals surface area contributed by atoms with Crippen LogP contribution in [0.2, 0.25) is 0 Å². The smallest absolute Gasteiger partial charge is 0.136 e. The molecule has 0 saturated carbocycles. The monoisotopic (exact) mass is 1120 g/mol. The highest BCUT2D eigenvalue weighted by atomic mass is 16.3. The third-order valence-corrected chi connectivity index (χ3v) is 17.1. The SMILES string of the molecule is c1ccc(-c2ccc(N(c3ccc(-c4ccccc4)cc3)c3ccc(-c4c(-c5ccc6oc7ccccc7c6c5-c5ccc(N(c6ccc(-c7ccccc7)cc6)c6ccccc6-c6ccccc6)cc5)ccc5oc6ccccc6c45)cc3)cc2)cc1. The Bertz CT molecular complexity index is 5050. The van der Waals surface area contributed by atoms with E-state index in [2.05, 4.69) is 343 Å². The second-order valence-corrected chi connectivity index (χ2v) is 22.3. The van der Waals surface area contributed by atoms with Crippen LogP contribution in [0.1, 0.15) is 0 Å². The van der Waals surface area contributed by atoms with Gasteiger partial charge in [-0.25, -0.2) is 0 Å². The van der Waals surface area contributed by atoms with Crippen molar-refractivity contribution in [1.82, 2.24) is 0 Å². The first-order valence-electron chi connectivity index (χ1n) is 30.0. The van der Waals surface area contributed by atoms with E-state index in [4.69, 9.17) is 8.83 Å². The van der Waals surface area contributed by atoms with Gasteiger partial charge in [0.2, 0.25) is 0 Å². The predicted octanol–water partition coefficient (Wildman–Crippen LogP) is 24.1. The highest BCUT2D eigenvalue weighted by molar-refractivity contribution is 6.20. The van der Waals surface area contributed by atoms with Gasteiger partial charge < -0.3 is 18.6 Å². The van der Waals surface area contributed by atoms with Crippen molar-refractivity contribution in [2.45, 2.75) is 0 Å². The van der Waals surface area contributed by atoms with E-state index in [1.165, 1.54) is 27.8 Å². The minimum atomic E-state index is 0.829. The van der Waals surface area contributed by atoms with E-state index < -0.39 is 0 Å². The van der Waals surface area contributed by atoms with Crippen molar-refractivity contribution in [2.75, 3.05) is 9.80 Å². The van der Waals surface area contributed by atoms with Gasteiger partial charge in [0.1, 0.15) is 22.3 Å². The van der Waals surface area contributed by atoms with Crippen LogP contribution in [-0.4, -0.2) is 0 Å². The first-order chi connectivity index (χ1) is 43.6. The molecule has 0 N–H and O–H groups in total. The molecule has 4 heteroatoms. The molecular formula is C84H56N2O2. The number of anilines is 6. The van der Waals surface area contributed by atoms with E-state index in [0.29, 0.717) is 0 Å². The molecule has 0 aliphatic carbocycles. The number of furan rings is 2. The van der Waals surface area contributed by atoms with Gasteiger partial charge in [-0.2, -0.15) is 0 Å². The van der Waals surface area contributed by atoms with E-state index in [-0.39, 0.29) is 0 Å². The summed E-state index contributed by atoms with van der Waals surface area (Å²) >= 11 is 0. The first-order valence-corrected chi connectivity index (χ1v) is 30.0. The van der Waals surface area contributed by atoms with E-state index in [1.807, 2.05) is 6.07 Å². The van der Waals surface area contributed by atoms with Crippen molar-refractivity contribution < 1.29 is 8.83 Å². The van der Waals surface area contributed by atoms with E-state index in [1.54, 1.807) is 0 Å². The van der Waals surface area contributed by atoms with Crippen LogP contribution in [-0.2, 0) is 0 Å². The zero-order valence-electron chi connectivity index (χ0n) is 48.0. The highest BCUT2D eigenvalue weighted by Gasteiger charge is 2.25. The van der Waals surface area contributed by atoms with Gasteiger partial charge in [0.05, 0.1) is 5.69 Å². The molecule has 0 atom stereocenters. The summed E-state index contributed by atoms with van der Waals surface area (Å²) < 4.78 is 13.5. The molecule has 16 aromatic rings. The molecule has 2 aromatic heterocycles. The summed E-state index contributed by atoms with van der Waals surface area (Å²) in [7, 11) is 0. The number of fused-ring (bicyclic) bond motifs is 6. The van der Waals surface area contributed by atoms with Crippen LogP contribution in [0.15, 0.2) is 349 Å². The van der Waals surface area contributed by atoms with Crippen LogP contribution in [0, 0.1) is 0 Å². The lowest BCUT2D eigenvalue weighted by molar-refractivity contribution is 0.668. The average molecular weight is 1130 g/mol. The van der Waals surface area contributed by atoms with Crippen molar-refractivity contribution in [2.24, 2.45) is 0 Å². The molecule has 0 spiro atoms. The minimum absolute atomic E-state index is 0.829. The number of rotatable bonds is 13. The molecule has 0 aliphatic heterocycles. The van der Waals surface area contributed by atoms with Crippen LogP contribution >= 0.6 is 0 Å². The molecule has 0 bridgehead atoms. The maximum atomic E-state index is 6.75. The van der Waals surface area contributed by atoms with Crippen LogP contribution in [0.4, 0.5) is 34.1 Å². The fraction of sp³-hybridized carbons (Fsp3) is 0. The van der Waals surface area contributed by atoms with Gasteiger partial charge >= 0.3 is 0 Å². The molecule has 0 fully saturated rings. The molecule has 16 rings (SSSR count). The Hall–Kier alpha value is -11.7. The lowest BCUT2D eigenvalue weighted by Gasteiger charge is -2.28. The third-order valence-electron chi connectivity index (χ3n) is 17.1.